The van der Waals surface area contributed by atoms with Crippen LogP contribution in [0.5, 0.6) is 0 Å². The number of carboxylic acid groups (broad SMARTS) is 2. The second kappa shape index (κ2) is 13.9. The van der Waals surface area contributed by atoms with Crippen molar-refractivity contribution in [3.63, 3.8) is 0 Å². The molecule has 206 valence electrons. The van der Waals surface area contributed by atoms with Crippen LogP contribution in [0.15, 0.2) is 17.2 Å². The molecule has 2 aromatic heterocycles. The van der Waals surface area contributed by atoms with Crippen LogP contribution in [0.2, 0.25) is 0 Å². The molecule has 0 radical (unpaired) electrons. The first-order valence-corrected chi connectivity index (χ1v) is 11.4. The van der Waals surface area contributed by atoms with E-state index in [1.54, 1.807) is 0 Å². The number of hydrogen-bond donors (Lipinski definition) is 3. The van der Waals surface area contributed by atoms with Gasteiger partial charge in [-0.25, -0.2) is 14.6 Å². The number of hydrogen-bond acceptors (Lipinski definition) is 11. The summed E-state index contributed by atoms with van der Waals surface area (Å²) in [7, 11) is 0. The van der Waals surface area contributed by atoms with Crippen molar-refractivity contribution in [1.82, 2.24) is 9.97 Å². The Morgan fingerprint density at radius 1 is 0.897 bits per heavy atom. The number of ketones is 3. The fourth-order valence-corrected chi connectivity index (χ4v) is 3.50. The summed E-state index contributed by atoms with van der Waals surface area (Å²) in [4.78, 5) is 69.9. The molecule has 3 N–H and O–H groups in total. The average Bonchev–Trinajstić information content (AvgIpc) is 3.37. The lowest BCUT2D eigenvalue weighted by atomic mass is 9.88. The molecule has 2 aromatic rings. The monoisotopic (exact) mass is 545 g/mol. The van der Waals surface area contributed by atoms with Crippen molar-refractivity contribution in [2.24, 2.45) is 5.11 Å². The number of rotatable bonds is 17. The number of carbonyl (C=O) groups is 5. The molecular formula is C23H23N5O11. The van der Waals surface area contributed by atoms with Crippen LogP contribution in [0.1, 0.15) is 52.2 Å². The van der Waals surface area contributed by atoms with Crippen LogP contribution in [-0.2, 0) is 18.9 Å². The molecule has 0 atom stereocenters. The van der Waals surface area contributed by atoms with E-state index in [0.29, 0.717) is 26.4 Å². The zero-order valence-corrected chi connectivity index (χ0v) is 20.4. The Bertz CT molecular complexity index is 1330. The van der Waals surface area contributed by atoms with Crippen molar-refractivity contribution < 1.29 is 53.1 Å². The molecule has 0 saturated carbocycles. The van der Waals surface area contributed by atoms with Crippen molar-refractivity contribution >= 4 is 29.3 Å². The van der Waals surface area contributed by atoms with Gasteiger partial charge >= 0.3 is 11.9 Å². The summed E-state index contributed by atoms with van der Waals surface area (Å²) < 4.78 is 21.0. The Balaban J connectivity index is 1.52. The van der Waals surface area contributed by atoms with Crippen LogP contribution in [0.4, 0.5) is 0 Å². The van der Waals surface area contributed by atoms with Crippen LogP contribution in [0.3, 0.4) is 0 Å². The fourth-order valence-electron chi connectivity index (χ4n) is 3.50. The van der Waals surface area contributed by atoms with E-state index in [1.165, 1.54) is 0 Å². The van der Waals surface area contributed by atoms with Crippen molar-refractivity contribution in [3.8, 4) is 11.3 Å². The summed E-state index contributed by atoms with van der Waals surface area (Å²) in [5.41, 5.74) is 5.48. The Morgan fingerprint density at radius 3 is 2.10 bits per heavy atom. The SMILES string of the molecule is [N-]=[N+]=NCCOCCOCCOCCOCC(=O)c1cc(C(=O)O)c2c(n1)C(=O)C(=O)c1cc(C(=O)O)[nH]c1-2. The smallest absolute Gasteiger partial charge is 0.352 e. The largest absolute Gasteiger partial charge is 0.478 e. The van der Waals surface area contributed by atoms with E-state index in [-0.39, 0.29) is 43.2 Å². The third-order valence-electron chi connectivity index (χ3n) is 5.25. The van der Waals surface area contributed by atoms with Gasteiger partial charge in [-0.1, -0.05) is 5.11 Å². The number of H-pyrrole nitrogens is 1. The maximum atomic E-state index is 12.6. The lowest BCUT2D eigenvalue weighted by Crippen LogP contribution is -2.26. The van der Waals surface area contributed by atoms with Gasteiger partial charge in [0.05, 0.1) is 63.1 Å². The van der Waals surface area contributed by atoms with Gasteiger partial charge in [-0.05, 0) is 17.7 Å². The van der Waals surface area contributed by atoms with E-state index in [4.69, 9.17) is 24.5 Å². The minimum Gasteiger partial charge on any atom is -0.478 e. The molecule has 39 heavy (non-hydrogen) atoms. The van der Waals surface area contributed by atoms with Crippen LogP contribution in [-0.4, -0.2) is 109 Å². The summed E-state index contributed by atoms with van der Waals surface area (Å²) in [5.74, 6) is -5.92. The Kier molecular flexibility index (Phi) is 10.4. The van der Waals surface area contributed by atoms with Crippen LogP contribution < -0.4 is 0 Å². The molecule has 3 rings (SSSR count). The number of aromatic carboxylic acids is 2. The molecule has 0 bridgehead atoms. The summed E-state index contributed by atoms with van der Waals surface area (Å²) in [5, 5.41) is 22.2. The molecular weight excluding hydrogens is 522 g/mol. The van der Waals surface area contributed by atoms with Gasteiger partial charge in [-0.15, -0.1) is 0 Å². The lowest BCUT2D eigenvalue weighted by molar-refractivity contribution is 0.000159. The highest BCUT2D eigenvalue weighted by Gasteiger charge is 2.38. The van der Waals surface area contributed by atoms with E-state index in [0.717, 1.165) is 12.1 Å². The maximum absolute atomic E-state index is 12.6. The van der Waals surface area contributed by atoms with Crippen LogP contribution >= 0.6 is 0 Å². The molecule has 16 nitrogen and oxygen atoms in total. The van der Waals surface area contributed by atoms with Crippen molar-refractivity contribution in [1.29, 1.82) is 0 Å². The van der Waals surface area contributed by atoms with Gasteiger partial charge in [0.15, 0.2) is 0 Å². The minimum atomic E-state index is -1.52. The number of pyridine rings is 1. The van der Waals surface area contributed by atoms with Gasteiger partial charge in [0.1, 0.15) is 23.7 Å². The van der Waals surface area contributed by atoms with E-state index in [9.17, 15) is 34.2 Å². The number of aromatic nitrogens is 2. The Hall–Kier alpha value is -4.47. The maximum Gasteiger partial charge on any atom is 0.352 e. The number of Topliss-reactive ketones (excluding diaryl/α,β-unsaturated/α-hetero) is 3. The van der Waals surface area contributed by atoms with Crippen molar-refractivity contribution in [2.75, 3.05) is 59.4 Å². The van der Waals surface area contributed by atoms with E-state index >= 15 is 0 Å². The quantitative estimate of drug-likeness (QED) is 0.0638. The van der Waals surface area contributed by atoms with E-state index in [2.05, 4.69) is 20.0 Å². The standard InChI is InChI=1S/C23H23N5O11/c24-28-25-1-2-36-3-4-37-5-6-38-7-8-39-11-16(29)14-9-12(22(32)33)17-18-13(10-15(27-18)23(34)35)20(30)21(31)19(17)26-14/h9-10,27H,1-8,11H2,(H,32,33)(H,34,35). The highest BCUT2D eigenvalue weighted by molar-refractivity contribution is 6.52. The molecule has 16 heteroatoms. The molecule has 0 fully saturated rings. The molecule has 0 spiro atoms. The highest BCUT2D eigenvalue weighted by atomic mass is 16.6. The zero-order chi connectivity index (χ0) is 28.4. The van der Waals surface area contributed by atoms with Gasteiger partial charge in [0.25, 0.3) is 5.78 Å². The second-order valence-electron chi connectivity index (χ2n) is 7.79. The average molecular weight is 545 g/mol. The number of carbonyl (C=O) groups excluding carboxylic acids is 3. The molecule has 2 heterocycles. The number of azide groups is 1. The van der Waals surface area contributed by atoms with Crippen LogP contribution in [0, 0.1) is 0 Å². The predicted octanol–water partition coefficient (Wildman–Crippen LogP) is 1.41. The van der Waals surface area contributed by atoms with Gasteiger partial charge in [-0.2, -0.15) is 0 Å². The molecule has 0 amide bonds. The van der Waals surface area contributed by atoms with Gasteiger partial charge in [-0.3, -0.25) is 14.4 Å². The number of aromatic amines is 1. The first-order valence-electron chi connectivity index (χ1n) is 11.4. The number of nitrogens with zero attached hydrogens (tertiary/aromatic N) is 4. The van der Waals surface area contributed by atoms with E-state index < -0.39 is 58.5 Å². The van der Waals surface area contributed by atoms with Gasteiger partial charge in [0, 0.05) is 17.0 Å². The zero-order valence-electron chi connectivity index (χ0n) is 20.4. The molecule has 0 aliphatic heterocycles. The Morgan fingerprint density at radius 2 is 1.51 bits per heavy atom. The molecule has 0 aromatic carbocycles. The summed E-state index contributed by atoms with van der Waals surface area (Å²) in [6.07, 6.45) is 0. The normalized spacial score (nSPS) is 12.0. The third-order valence-corrected chi connectivity index (χ3v) is 5.25. The van der Waals surface area contributed by atoms with Gasteiger partial charge in [0.2, 0.25) is 11.6 Å². The summed E-state index contributed by atoms with van der Waals surface area (Å²) in [6.45, 7) is 1.40. The van der Waals surface area contributed by atoms with E-state index in [1.807, 2.05) is 0 Å². The first kappa shape index (κ1) is 29.1. The first-order chi connectivity index (χ1) is 18.8. The third kappa shape index (κ3) is 7.31. The minimum absolute atomic E-state index is 0.0200. The highest BCUT2D eigenvalue weighted by Crippen LogP contribution is 2.36. The van der Waals surface area contributed by atoms with Crippen LogP contribution in [0.25, 0.3) is 21.7 Å². The van der Waals surface area contributed by atoms with Gasteiger partial charge < -0.3 is 34.1 Å². The number of nitrogens with one attached hydrogen (secondary N) is 1. The number of fused-ring (bicyclic) bond motifs is 3. The number of carboxylic acids is 2. The molecule has 0 saturated heterocycles. The number of ether oxygens (including phenoxy) is 4. The van der Waals surface area contributed by atoms with Crippen molar-refractivity contribution in [3.05, 3.63) is 50.8 Å². The summed E-state index contributed by atoms with van der Waals surface area (Å²) in [6, 6.07) is 1.88. The van der Waals surface area contributed by atoms with Crippen molar-refractivity contribution in [2.45, 2.75) is 0 Å². The topological polar surface area (TPSA) is 240 Å². The predicted molar refractivity (Wildman–Crippen MR) is 128 cm³/mol. The Labute approximate surface area is 219 Å². The molecule has 1 aliphatic rings. The molecule has 0 unspecified atom stereocenters. The lowest BCUT2D eigenvalue weighted by Gasteiger charge is -2.17. The second-order valence-corrected chi connectivity index (χ2v) is 7.79. The fraction of sp³-hybridized carbons (Fsp3) is 0.391. The molecule has 1 aliphatic carbocycles. The summed E-state index contributed by atoms with van der Waals surface area (Å²) >= 11 is 0.